The summed E-state index contributed by atoms with van der Waals surface area (Å²) in [6.07, 6.45) is 2.13. The molecule has 6 nitrogen and oxygen atoms in total. The van der Waals surface area contributed by atoms with Gasteiger partial charge in [0.15, 0.2) is 0 Å². The number of hydrogen-bond donors (Lipinski definition) is 3. The number of anilines is 1. The molecule has 112 valence electrons. The summed E-state index contributed by atoms with van der Waals surface area (Å²) in [5.74, 6) is 5.06. The largest absolute Gasteiger partial charge is 0.473 e. The van der Waals surface area contributed by atoms with E-state index in [4.69, 9.17) is 9.53 Å². The van der Waals surface area contributed by atoms with Crippen molar-refractivity contribution in [3.8, 4) is 5.88 Å². The minimum Gasteiger partial charge on any atom is -0.473 e. The second-order valence-electron chi connectivity index (χ2n) is 4.09. The first-order valence-corrected chi connectivity index (χ1v) is 6.42. The van der Waals surface area contributed by atoms with Crippen molar-refractivity contribution in [1.29, 1.82) is 0 Å². The third-order valence-corrected chi connectivity index (χ3v) is 2.75. The average Bonchev–Trinajstić information content (AvgIpc) is 2.54. The van der Waals surface area contributed by atoms with Crippen LogP contribution < -0.4 is 21.3 Å². The number of nitrogens with two attached hydrogens (primary N) is 1. The number of ether oxygens (including phenoxy) is 1. The second kappa shape index (κ2) is 9.33. The molecule has 1 amide bonds. The molecule has 0 spiro atoms. The van der Waals surface area contributed by atoms with Gasteiger partial charge in [-0.2, -0.15) is 0 Å². The molecule has 1 aromatic carbocycles. The monoisotopic (exact) mass is 288 g/mol. The molecular weight excluding hydrogens is 268 g/mol. The minimum atomic E-state index is 0.403. The Labute approximate surface area is 124 Å². The second-order valence-corrected chi connectivity index (χ2v) is 4.09. The minimum absolute atomic E-state index is 0.403. The first-order chi connectivity index (χ1) is 10.2. The first kappa shape index (κ1) is 16.5. The fraction of sp³-hybridized carbons (Fsp3) is 0.200. The van der Waals surface area contributed by atoms with Gasteiger partial charge in [0.25, 0.3) is 0 Å². The van der Waals surface area contributed by atoms with Crippen LogP contribution in [0.1, 0.15) is 11.1 Å². The lowest BCUT2D eigenvalue weighted by Crippen LogP contribution is -2.18. The highest BCUT2D eigenvalue weighted by Gasteiger charge is 2.05. The van der Waals surface area contributed by atoms with Crippen LogP contribution in [0.4, 0.5) is 5.69 Å². The number of hydrogen-bond acceptors (Lipinski definition) is 5. The molecule has 0 radical (unpaired) electrons. The lowest BCUT2D eigenvalue weighted by Gasteiger charge is -2.12. The number of nitrogens with one attached hydrogen (secondary N) is 2. The molecule has 0 unspecified atom stereocenters. The maximum atomic E-state index is 8.94. The van der Waals surface area contributed by atoms with E-state index in [0.29, 0.717) is 18.9 Å². The Hall–Kier alpha value is -2.60. The van der Waals surface area contributed by atoms with Gasteiger partial charge in [-0.3, -0.25) is 10.2 Å². The van der Waals surface area contributed by atoms with Crippen molar-refractivity contribution in [2.45, 2.75) is 13.5 Å². The molecule has 1 heterocycles. The van der Waals surface area contributed by atoms with Gasteiger partial charge < -0.3 is 10.1 Å². The average molecular weight is 288 g/mol. The van der Waals surface area contributed by atoms with E-state index in [0.717, 1.165) is 5.69 Å². The molecule has 1 aromatic heterocycles. The Bertz CT molecular complexity index is 547. The molecule has 2 aromatic rings. The van der Waals surface area contributed by atoms with Gasteiger partial charge in [-0.25, -0.2) is 10.8 Å². The number of benzene rings is 1. The fourth-order valence-corrected chi connectivity index (χ4v) is 1.71. The van der Waals surface area contributed by atoms with Crippen molar-refractivity contribution in [3.05, 3.63) is 53.7 Å². The zero-order chi connectivity index (χ0) is 15.5. The number of carbonyl (C=O) groups excluding carboxylic acids is 1. The molecule has 0 saturated heterocycles. The number of carbonyl (C=O) groups is 1. The zero-order valence-corrected chi connectivity index (χ0v) is 12.2. The van der Waals surface area contributed by atoms with Gasteiger partial charge in [0, 0.05) is 30.6 Å². The lowest BCUT2D eigenvalue weighted by molar-refractivity contribution is -0.109. The smallest absolute Gasteiger partial charge is 0.221 e. The van der Waals surface area contributed by atoms with Gasteiger partial charge >= 0.3 is 0 Å². The van der Waals surface area contributed by atoms with Crippen LogP contribution in [0.2, 0.25) is 0 Å². The molecule has 2 rings (SSSR count). The van der Waals surface area contributed by atoms with Gasteiger partial charge in [-0.15, -0.1) is 0 Å². The van der Waals surface area contributed by atoms with Crippen LogP contribution in [-0.2, 0) is 11.4 Å². The van der Waals surface area contributed by atoms with Crippen LogP contribution in [-0.4, -0.2) is 18.4 Å². The molecule has 0 fully saturated rings. The van der Waals surface area contributed by atoms with Crippen molar-refractivity contribution >= 4 is 12.1 Å². The molecule has 4 N–H and O–H groups in total. The number of aromatic nitrogens is 1. The summed E-state index contributed by atoms with van der Waals surface area (Å²) in [6, 6.07) is 11.8. The van der Waals surface area contributed by atoms with Crippen LogP contribution in [0, 0.1) is 6.92 Å². The highest BCUT2D eigenvalue weighted by Crippen LogP contribution is 2.20. The van der Waals surface area contributed by atoms with Gasteiger partial charge in [0.1, 0.15) is 6.61 Å². The SMILES string of the molecule is CNc1cccc(C)c1COc1ccccn1.NNC=O. The summed E-state index contributed by atoms with van der Waals surface area (Å²) in [6.45, 7) is 2.61. The Morgan fingerprint density at radius 2 is 2.05 bits per heavy atom. The first-order valence-electron chi connectivity index (χ1n) is 6.42. The van der Waals surface area contributed by atoms with Gasteiger partial charge in [0.05, 0.1) is 0 Å². The van der Waals surface area contributed by atoms with E-state index in [1.165, 1.54) is 11.1 Å². The predicted molar refractivity (Wildman–Crippen MR) is 82.7 cm³/mol. The van der Waals surface area contributed by atoms with E-state index in [-0.39, 0.29) is 0 Å². The molecule has 0 saturated carbocycles. The van der Waals surface area contributed by atoms with Crippen molar-refractivity contribution in [2.24, 2.45) is 5.84 Å². The van der Waals surface area contributed by atoms with Crippen molar-refractivity contribution in [1.82, 2.24) is 10.4 Å². The normalized spacial score (nSPS) is 9.10. The Balaban J connectivity index is 0.000000491. The van der Waals surface area contributed by atoms with E-state index in [2.05, 4.69) is 29.1 Å². The van der Waals surface area contributed by atoms with Crippen LogP contribution in [0.5, 0.6) is 5.88 Å². The summed E-state index contributed by atoms with van der Waals surface area (Å²) in [5.41, 5.74) is 5.23. The number of hydrazine groups is 1. The summed E-state index contributed by atoms with van der Waals surface area (Å²) >= 11 is 0. The highest BCUT2D eigenvalue weighted by molar-refractivity contribution is 5.53. The van der Waals surface area contributed by atoms with Gasteiger partial charge in [0.2, 0.25) is 12.3 Å². The lowest BCUT2D eigenvalue weighted by atomic mass is 10.1. The molecular formula is C15H20N4O2. The Kier molecular flexibility index (Phi) is 7.31. The number of aryl methyl sites for hydroxylation is 1. The Morgan fingerprint density at radius 1 is 1.29 bits per heavy atom. The summed E-state index contributed by atoms with van der Waals surface area (Å²) in [4.78, 5) is 13.1. The molecule has 21 heavy (non-hydrogen) atoms. The molecule has 0 aliphatic carbocycles. The highest BCUT2D eigenvalue weighted by atomic mass is 16.5. The van der Waals surface area contributed by atoms with Crippen LogP contribution in [0.25, 0.3) is 0 Å². The molecule has 0 atom stereocenters. The molecule has 0 bridgehead atoms. The molecule has 0 aliphatic heterocycles. The van der Waals surface area contributed by atoms with Crippen molar-refractivity contribution in [2.75, 3.05) is 12.4 Å². The van der Waals surface area contributed by atoms with E-state index in [1.807, 2.05) is 37.4 Å². The molecule has 6 heteroatoms. The number of amides is 1. The standard InChI is InChI=1S/C14H16N2O.CH4N2O/c1-11-6-5-7-13(15-2)12(11)10-17-14-8-3-4-9-16-14;2-3-1-4/h3-9,15H,10H2,1-2H3;1H,2H2,(H,3,4). The van der Waals surface area contributed by atoms with Crippen LogP contribution >= 0.6 is 0 Å². The van der Waals surface area contributed by atoms with E-state index in [9.17, 15) is 0 Å². The number of rotatable bonds is 5. The number of pyridine rings is 1. The van der Waals surface area contributed by atoms with Gasteiger partial charge in [-0.05, 0) is 24.6 Å². The van der Waals surface area contributed by atoms with E-state index >= 15 is 0 Å². The van der Waals surface area contributed by atoms with Crippen molar-refractivity contribution < 1.29 is 9.53 Å². The predicted octanol–water partition coefficient (Wildman–Crippen LogP) is 1.62. The quantitative estimate of drug-likeness (QED) is 0.337. The summed E-state index contributed by atoms with van der Waals surface area (Å²) in [5, 5.41) is 3.17. The number of nitrogens with zero attached hydrogens (tertiary/aromatic N) is 1. The molecule has 0 aliphatic rings. The van der Waals surface area contributed by atoms with E-state index < -0.39 is 0 Å². The third-order valence-electron chi connectivity index (χ3n) is 2.75. The van der Waals surface area contributed by atoms with Gasteiger partial charge in [-0.1, -0.05) is 18.2 Å². The van der Waals surface area contributed by atoms with E-state index in [1.54, 1.807) is 11.6 Å². The third kappa shape index (κ3) is 5.50. The van der Waals surface area contributed by atoms with Crippen molar-refractivity contribution in [3.63, 3.8) is 0 Å². The van der Waals surface area contributed by atoms with Crippen LogP contribution in [0.15, 0.2) is 42.6 Å². The van der Waals surface area contributed by atoms with Crippen LogP contribution in [0.3, 0.4) is 0 Å². The Morgan fingerprint density at radius 3 is 2.62 bits per heavy atom. The summed E-state index contributed by atoms with van der Waals surface area (Å²) < 4.78 is 5.66. The fourth-order valence-electron chi connectivity index (χ4n) is 1.71. The maximum absolute atomic E-state index is 8.94. The topological polar surface area (TPSA) is 89.3 Å². The maximum Gasteiger partial charge on any atom is 0.221 e. The zero-order valence-electron chi connectivity index (χ0n) is 12.2. The summed E-state index contributed by atoms with van der Waals surface area (Å²) in [7, 11) is 1.92.